The Balaban J connectivity index is 0. The fraction of sp³-hybridized carbons (Fsp3) is 0.667. The first-order chi connectivity index (χ1) is 6.34. The molecule has 1 fully saturated rings. The minimum Gasteiger partial charge on any atom is -0.468 e. The van der Waals surface area contributed by atoms with Crippen LogP contribution in [0.5, 0.6) is 0 Å². The van der Waals surface area contributed by atoms with Crippen molar-refractivity contribution in [2.45, 2.75) is 18.9 Å². The van der Waals surface area contributed by atoms with E-state index in [1.165, 1.54) is 7.11 Å². The second-order valence-corrected chi connectivity index (χ2v) is 2.17. The minimum absolute atomic E-state index is 0.0324. The molecule has 4 heteroatoms. The summed E-state index contributed by atoms with van der Waals surface area (Å²) in [4.78, 5) is 10.7. The van der Waals surface area contributed by atoms with E-state index in [0.717, 1.165) is 26.5 Å². The Kier molecular flexibility index (Phi) is 12.2. The molecule has 0 spiro atoms. The maximum absolute atomic E-state index is 10.7. The standard InChI is InChI=1S/C6H11NO2.C2H2.CH4O/c1-9-6(8)5-3-2-4-7-5;2*1-2/h5,7H,2-4H2,1H3;1-2H;2H,1H3/t5-;;/m0../s1. The van der Waals surface area contributed by atoms with E-state index in [0.29, 0.717) is 0 Å². The van der Waals surface area contributed by atoms with Crippen LogP contribution in [0.4, 0.5) is 0 Å². The highest BCUT2D eigenvalue weighted by Gasteiger charge is 2.21. The molecule has 4 nitrogen and oxygen atoms in total. The van der Waals surface area contributed by atoms with Crippen molar-refractivity contribution in [1.82, 2.24) is 5.32 Å². The molecule has 1 aliphatic heterocycles. The minimum atomic E-state index is -0.132. The molecule has 0 aliphatic carbocycles. The average molecular weight is 187 g/mol. The van der Waals surface area contributed by atoms with Crippen LogP contribution in [-0.2, 0) is 9.53 Å². The molecule has 1 saturated heterocycles. The van der Waals surface area contributed by atoms with Crippen LogP contribution in [0.3, 0.4) is 0 Å². The highest BCUT2D eigenvalue weighted by molar-refractivity contribution is 5.75. The number of methoxy groups -OCH3 is 1. The molecular formula is C9H17NO3. The van der Waals surface area contributed by atoms with E-state index < -0.39 is 0 Å². The number of ether oxygens (including phenoxy) is 1. The number of carbonyl (C=O) groups is 1. The van der Waals surface area contributed by atoms with Crippen LogP contribution in [0, 0.1) is 12.8 Å². The first-order valence-electron chi connectivity index (χ1n) is 3.94. The molecule has 0 saturated carbocycles. The van der Waals surface area contributed by atoms with Gasteiger partial charge in [0.05, 0.1) is 7.11 Å². The van der Waals surface area contributed by atoms with E-state index >= 15 is 0 Å². The zero-order valence-electron chi connectivity index (χ0n) is 8.12. The Morgan fingerprint density at radius 1 is 1.54 bits per heavy atom. The van der Waals surface area contributed by atoms with E-state index in [2.05, 4.69) is 22.9 Å². The molecule has 0 radical (unpaired) electrons. The van der Waals surface area contributed by atoms with Gasteiger partial charge in [0.25, 0.3) is 0 Å². The number of hydrogen-bond donors (Lipinski definition) is 2. The van der Waals surface area contributed by atoms with E-state index in [4.69, 9.17) is 5.11 Å². The van der Waals surface area contributed by atoms with Crippen LogP contribution in [0.15, 0.2) is 0 Å². The van der Waals surface area contributed by atoms with Gasteiger partial charge >= 0.3 is 5.97 Å². The Hall–Kier alpha value is -1.05. The summed E-state index contributed by atoms with van der Waals surface area (Å²) >= 11 is 0. The normalized spacial score (nSPS) is 18.7. The van der Waals surface area contributed by atoms with Gasteiger partial charge in [0, 0.05) is 7.11 Å². The van der Waals surface area contributed by atoms with Gasteiger partial charge in [-0.05, 0) is 19.4 Å². The third kappa shape index (κ3) is 6.14. The summed E-state index contributed by atoms with van der Waals surface area (Å²) in [6.45, 7) is 0.944. The zero-order chi connectivity index (χ0) is 10.7. The molecule has 1 rings (SSSR count). The van der Waals surface area contributed by atoms with Gasteiger partial charge in [-0.15, -0.1) is 12.8 Å². The van der Waals surface area contributed by atoms with Gasteiger partial charge in [-0.2, -0.15) is 0 Å². The van der Waals surface area contributed by atoms with E-state index in [9.17, 15) is 4.79 Å². The molecule has 1 heterocycles. The van der Waals surface area contributed by atoms with Crippen molar-refractivity contribution in [2.75, 3.05) is 20.8 Å². The van der Waals surface area contributed by atoms with E-state index in [-0.39, 0.29) is 12.0 Å². The first kappa shape index (κ1) is 14.5. The maximum Gasteiger partial charge on any atom is 0.322 e. The number of terminal acetylenes is 1. The number of hydrogen-bond acceptors (Lipinski definition) is 4. The highest BCUT2D eigenvalue weighted by Crippen LogP contribution is 2.05. The lowest BCUT2D eigenvalue weighted by Crippen LogP contribution is -2.31. The van der Waals surface area contributed by atoms with Gasteiger partial charge in [0.2, 0.25) is 0 Å². The van der Waals surface area contributed by atoms with Gasteiger partial charge in [-0.3, -0.25) is 4.79 Å². The molecule has 1 atom stereocenters. The lowest BCUT2D eigenvalue weighted by Gasteiger charge is -2.04. The molecule has 0 amide bonds. The summed E-state index contributed by atoms with van der Waals surface area (Å²) in [6, 6.07) is -0.0324. The second-order valence-electron chi connectivity index (χ2n) is 2.17. The molecule has 1 aliphatic rings. The summed E-state index contributed by atoms with van der Waals surface area (Å²) in [5, 5.41) is 10.0. The Labute approximate surface area is 79.3 Å². The lowest BCUT2D eigenvalue weighted by molar-refractivity contribution is -0.142. The summed E-state index contributed by atoms with van der Waals surface area (Å²) in [5.41, 5.74) is 0. The van der Waals surface area contributed by atoms with Gasteiger partial charge in [-0.25, -0.2) is 0 Å². The topological polar surface area (TPSA) is 58.6 Å². The fourth-order valence-electron chi connectivity index (χ4n) is 1.03. The number of aliphatic hydroxyl groups is 1. The Morgan fingerprint density at radius 2 is 2.08 bits per heavy atom. The number of nitrogens with one attached hydrogen (secondary N) is 1. The smallest absolute Gasteiger partial charge is 0.322 e. The molecule has 0 aromatic carbocycles. The van der Waals surface area contributed by atoms with E-state index in [1.807, 2.05) is 0 Å². The third-order valence-corrected chi connectivity index (χ3v) is 1.55. The number of carbonyl (C=O) groups excluding carboxylic acids is 1. The summed E-state index contributed by atoms with van der Waals surface area (Å²) in [5.74, 6) is -0.132. The predicted molar refractivity (Wildman–Crippen MR) is 51.1 cm³/mol. The van der Waals surface area contributed by atoms with Crippen LogP contribution in [0.25, 0.3) is 0 Å². The number of esters is 1. The monoisotopic (exact) mass is 187 g/mol. The summed E-state index contributed by atoms with van der Waals surface area (Å²) < 4.78 is 4.53. The molecule has 0 bridgehead atoms. The maximum atomic E-state index is 10.7. The molecule has 0 unspecified atom stereocenters. The highest BCUT2D eigenvalue weighted by atomic mass is 16.5. The van der Waals surface area contributed by atoms with Crippen LogP contribution >= 0.6 is 0 Å². The quantitative estimate of drug-likeness (QED) is 0.440. The largest absolute Gasteiger partial charge is 0.468 e. The Morgan fingerprint density at radius 3 is 2.38 bits per heavy atom. The molecule has 0 aromatic rings. The van der Waals surface area contributed by atoms with Crippen LogP contribution in [0.1, 0.15) is 12.8 Å². The lowest BCUT2D eigenvalue weighted by atomic mass is 10.2. The summed E-state index contributed by atoms with van der Waals surface area (Å²) in [7, 11) is 2.42. The van der Waals surface area contributed by atoms with Crippen LogP contribution in [0.2, 0.25) is 0 Å². The Bertz CT molecular complexity index is 139. The van der Waals surface area contributed by atoms with Crippen molar-refractivity contribution in [3.8, 4) is 12.8 Å². The van der Waals surface area contributed by atoms with Crippen molar-refractivity contribution >= 4 is 5.97 Å². The molecule has 76 valence electrons. The van der Waals surface area contributed by atoms with Gasteiger partial charge < -0.3 is 15.2 Å². The van der Waals surface area contributed by atoms with Gasteiger partial charge in [-0.1, -0.05) is 0 Å². The predicted octanol–water partition coefficient (Wildman–Crippen LogP) is -0.231. The van der Waals surface area contributed by atoms with Crippen molar-refractivity contribution in [3.63, 3.8) is 0 Å². The molecule has 0 aromatic heterocycles. The number of rotatable bonds is 1. The van der Waals surface area contributed by atoms with Crippen molar-refractivity contribution in [2.24, 2.45) is 0 Å². The van der Waals surface area contributed by atoms with Crippen LogP contribution < -0.4 is 5.32 Å². The summed E-state index contributed by atoms with van der Waals surface area (Å²) in [6.07, 6.45) is 10.0. The van der Waals surface area contributed by atoms with Crippen molar-refractivity contribution in [3.05, 3.63) is 0 Å². The first-order valence-corrected chi connectivity index (χ1v) is 3.94. The van der Waals surface area contributed by atoms with Gasteiger partial charge in [0.1, 0.15) is 6.04 Å². The zero-order valence-corrected chi connectivity index (χ0v) is 8.12. The van der Waals surface area contributed by atoms with Crippen molar-refractivity contribution < 1.29 is 14.6 Å². The second kappa shape index (κ2) is 11.0. The van der Waals surface area contributed by atoms with Gasteiger partial charge in [0.15, 0.2) is 0 Å². The molecule has 2 N–H and O–H groups in total. The third-order valence-electron chi connectivity index (χ3n) is 1.55. The molecule has 13 heavy (non-hydrogen) atoms. The molecular weight excluding hydrogens is 170 g/mol. The SMILES string of the molecule is C#C.CO.COC(=O)[C@@H]1CCCN1. The van der Waals surface area contributed by atoms with Crippen molar-refractivity contribution in [1.29, 1.82) is 0 Å². The van der Waals surface area contributed by atoms with E-state index in [1.54, 1.807) is 0 Å². The fourth-order valence-corrected chi connectivity index (χ4v) is 1.03. The number of aliphatic hydroxyl groups excluding tert-OH is 1. The average Bonchev–Trinajstić information content (AvgIpc) is 2.76. The van der Waals surface area contributed by atoms with Crippen LogP contribution in [-0.4, -0.2) is 37.9 Å².